The lowest BCUT2D eigenvalue weighted by molar-refractivity contribution is -0.128. The summed E-state index contributed by atoms with van der Waals surface area (Å²) in [5.74, 6) is 2.43. The Morgan fingerprint density at radius 3 is 2.65 bits per heavy atom. The molecule has 1 fully saturated rings. The molecule has 0 atom stereocenters. The molecule has 1 saturated heterocycles. The molecule has 1 amide bonds. The van der Waals surface area contributed by atoms with Crippen LogP contribution in [0.3, 0.4) is 0 Å². The van der Waals surface area contributed by atoms with Gasteiger partial charge < -0.3 is 15.5 Å². The fraction of sp³-hybridized carbons (Fsp3) is 0.643. The molecule has 110 valence electrons. The van der Waals surface area contributed by atoms with Gasteiger partial charge in [-0.25, -0.2) is 9.97 Å². The highest BCUT2D eigenvalue weighted by Gasteiger charge is 2.17. The van der Waals surface area contributed by atoms with Gasteiger partial charge in [0.05, 0.1) is 6.54 Å². The summed E-state index contributed by atoms with van der Waals surface area (Å²) in [6, 6.07) is 1.83. The number of amides is 1. The fourth-order valence-electron chi connectivity index (χ4n) is 2.30. The zero-order chi connectivity index (χ0) is 14.4. The van der Waals surface area contributed by atoms with E-state index >= 15 is 0 Å². The lowest BCUT2D eigenvalue weighted by Crippen LogP contribution is -2.33. The van der Waals surface area contributed by atoms with E-state index in [4.69, 9.17) is 0 Å². The van der Waals surface area contributed by atoms with Crippen molar-refractivity contribution in [3.05, 3.63) is 11.9 Å². The van der Waals surface area contributed by atoms with Crippen LogP contribution in [0.15, 0.2) is 6.07 Å². The molecule has 6 nitrogen and oxygen atoms in total. The van der Waals surface area contributed by atoms with Gasteiger partial charge in [0, 0.05) is 32.6 Å². The number of rotatable bonds is 6. The molecule has 2 rings (SSSR count). The van der Waals surface area contributed by atoms with Crippen LogP contribution in [0.5, 0.6) is 0 Å². The van der Waals surface area contributed by atoms with Gasteiger partial charge >= 0.3 is 0 Å². The van der Waals surface area contributed by atoms with Crippen LogP contribution < -0.4 is 10.6 Å². The molecule has 0 aliphatic carbocycles. The number of likely N-dealkylation sites (tertiary alicyclic amines) is 1. The van der Waals surface area contributed by atoms with E-state index in [2.05, 4.69) is 27.5 Å². The minimum atomic E-state index is 0.143. The van der Waals surface area contributed by atoms with E-state index in [1.54, 1.807) is 0 Å². The number of nitrogens with one attached hydrogen (secondary N) is 2. The first-order valence-electron chi connectivity index (χ1n) is 7.30. The molecule has 0 saturated carbocycles. The van der Waals surface area contributed by atoms with Crippen LogP contribution in [0, 0.1) is 0 Å². The van der Waals surface area contributed by atoms with Gasteiger partial charge in [-0.2, -0.15) is 0 Å². The van der Waals surface area contributed by atoms with Gasteiger partial charge in [0.2, 0.25) is 5.91 Å². The minimum absolute atomic E-state index is 0.143. The standard InChI is InChI=1S/C14H23N5O/c1-3-6-11-17-12(15-2)9-13(18-11)16-10-14(20)19-7-4-5-8-19/h9H,3-8,10H2,1-2H3,(H2,15,16,17,18). The van der Waals surface area contributed by atoms with Crippen LogP contribution in [0.1, 0.15) is 32.0 Å². The summed E-state index contributed by atoms with van der Waals surface area (Å²) in [5.41, 5.74) is 0. The molecule has 0 aromatic carbocycles. The zero-order valence-corrected chi connectivity index (χ0v) is 12.3. The highest BCUT2D eigenvalue weighted by atomic mass is 16.2. The van der Waals surface area contributed by atoms with Gasteiger partial charge in [-0.05, 0) is 19.3 Å². The number of aromatic nitrogens is 2. The molecule has 0 spiro atoms. The fourth-order valence-corrected chi connectivity index (χ4v) is 2.30. The highest BCUT2D eigenvalue weighted by Crippen LogP contribution is 2.13. The van der Waals surface area contributed by atoms with Crippen molar-refractivity contribution in [2.24, 2.45) is 0 Å². The monoisotopic (exact) mass is 277 g/mol. The summed E-state index contributed by atoms with van der Waals surface area (Å²) in [6.45, 7) is 4.16. The van der Waals surface area contributed by atoms with Gasteiger partial charge in [0.15, 0.2) is 0 Å². The first kappa shape index (κ1) is 14.6. The Morgan fingerprint density at radius 1 is 1.30 bits per heavy atom. The van der Waals surface area contributed by atoms with E-state index in [-0.39, 0.29) is 5.91 Å². The van der Waals surface area contributed by atoms with Crippen molar-refractivity contribution in [3.8, 4) is 0 Å². The molecular formula is C14H23N5O. The molecule has 0 unspecified atom stereocenters. The van der Waals surface area contributed by atoms with E-state index in [1.165, 1.54) is 0 Å². The highest BCUT2D eigenvalue weighted by molar-refractivity contribution is 5.80. The molecule has 1 aliphatic heterocycles. The number of hydrogen-bond donors (Lipinski definition) is 2. The summed E-state index contributed by atoms with van der Waals surface area (Å²) >= 11 is 0. The first-order valence-corrected chi connectivity index (χ1v) is 7.30. The maximum absolute atomic E-state index is 12.0. The normalized spacial score (nSPS) is 14.4. The number of carbonyl (C=O) groups is 1. The second-order valence-electron chi connectivity index (χ2n) is 5.00. The Morgan fingerprint density at radius 2 is 2.00 bits per heavy atom. The smallest absolute Gasteiger partial charge is 0.241 e. The molecular weight excluding hydrogens is 254 g/mol. The van der Waals surface area contributed by atoms with Gasteiger partial charge in [0.25, 0.3) is 0 Å². The van der Waals surface area contributed by atoms with Gasteiger partial charge in [-0.15, -0.1) is 0 Å². The number of aryl methyl sites for hydroxylation is 1. The lowest BCUT2D eigenvalue weighted by Gasteiger charge is -2.16. The van der Waals surface area contributed by atoms with Crippen LogP contribution in [0.25, 0.3) is 0 Å². The molecule has 2 N–H and O–H groups in total. The van der Waals surface area contributed by atoms with Gasteiger partial charge in [0.1, 0.15) is 17.5 Å². The maximum Gasteiger partial charge on any atom is 0.241 e. The predicted molar refractivity (Wildman–Crippen MR) is 79.9 cm³/mol. The molecule has 1 aromatic rings. The molecule has 1 aliphatic rings. The van der Waals surface area contributed by atoms with Crippen LogP contribution >= 0.6 is 0 Å². The summed E-state index contributed by atoms with van der Waals surface area (Å²) in [6.07, 6.45) is 4.07. The number of carbonyl (C=O) groups excluding carboxylic acids is 1. The van der Waals surface area contributed by atoms with Crippen molar-refractivity contribution in [1.29, 1.82) is 0 Å². The van der Waals surface area contributed by atoms with Crippen molar-refractivity contribution in [2.45, 2.75) is 32.6 Å². The molecule has 6 heteroatoms. The summed E-state index contributed by atoms with van der Waals surface area (Å²) < 4.78 is 0. The minimum Gasteiger partial charge on any atom is -0.373 e. The zero-order valence-electron chi connectivity index (χ0n) is 12.3. The quantitative estimate of drug-likeness (QED) is 0.824. The van der Waals surface area contributed by atoms with E-state index in [0.29, 0.717) is 12.4 Å². The van der Waals surface area contributed by atoms with Crippen molar-refractivity contribution < 1.29 is 4.79 Å². The molecule has 0 radical (unpaired) electrons. The summed E-state index contributed by atoms with van der Waals surface area (Å²) in [5, 5.41) is 6.13. The SMILES string of the molecule is CCCc1nc(NC)cc(NCC(=O)N2CCCC2)n1. The van der Waals surface area contributed by atoms with Crippen LogP contribution in [0.4, 0.5) is 11.6 Å². The Kier molecular flexibility index (Phi) is 5.15. The van der Waals surface area contributed by atoms with E-state index in [0.717, 1.165) is 50.4 Å². The van der Waals surface area contributed by atoms with E-state index < -0.39 is 0 Å². The molecule has 20 heavy (non-hydrogen) atoms. The van der Waals surface area contributed by atoms with Crippen molar-refractivity contribution >= 4 is 17.5 Å². The van der Waals surface area contributed by atoms with Gasteiger partial charge in [-0.1, -0.05) is 6.92 Å². The first-order chi connectivity index (χ1) is 9.72. The molecule has 2 heterocycles. The largest absolute Gasteiger partial charge is 0.373 e. The second kappa shape index (κ2) is 7.07. The average molecular weight is 277 g/mol. The van der Waals surface area contributed by atoms with Crippen LogP contribution in [-0.2, 0) is 11.2 Å². The van der Waals surface area contributed by atoms with Crippen molar-refractivity contribution in [3.63, 3.8) is 0 Å². The third-order valence-corrected chi connectivity index (χ3v) is 3.38. The third kappa shape index (κ3) is 3.82. The van der Waals surface area contributed by atoms with Gasteiger partial charge in [-0.3, -0.25) is 4.79 Å². The van der Waals surface area contributed by atoms with Crippen molar-refractivity contribution in [1.82, 2.24) is 14.9 Å². The van der Waals surface area contributed by atoms with Crippen molar-refractivity contribution in [2.75, 3.05) is 37.3 Å². The maximum atomic E-state index is 12.0. The van der Waals surface area contributed by atoms with Crippen LogP contribution in [0.2, 0.25) is 0 Å². The summed E-state index contributed by atoms with van der Waals surface area (Å²) in [4.78, 5) is 22.7. The van der Waals surface area contributed by atoms with Crippen LogP contribution in [-0.4, -0.2) is 47.5 Å². The van der Waals surface area contributed by atoms with E-state index in [9.17, 15) is 4.79 Å². The van der Waals surface area contributed by atoms with E-state index in [1.807, 2.05) is 18.0 Å². The number of anilines is 2. The second-order valence-corrected chi connectivity index (χ2v) is 5.00. The Bertz CT molecular complexity index is 457. The average Bonchev–Trinajstić information content (AvgIpc) is 2.99. The topological polar surface area (TPSA) is 70.2 Å². The Hall–Kier alpha value is -1.85. The molecule has 0 bridgehead atoms. The summed E-state index contributed by atoms with van der Waals surface area (Å²) in [7, 11) is 1.83. The lowest BCUT2D eigenvalue weighted by atomic mass is 10.3. The Labute approximate surface area is 120 Å². The number of nitrogens with zero attached hydrogens (tertiary/aromatic N) is 3. The number of hydrogen-bond acceptors (Lipinski definition) is 5. The predicted octanol–water partition coefficient (Wildman–Crippen LogP) is 1.51. The Balaban J connectivity index is 1.97. The molecule has 1 aromatic heterocycles. The third-order valence-electron chi connectivity index (χ3n) is 3.38.